The molecule has 2 rings (SSSR count). The van der Waals surface area contributed by atoms with Gasteiger partial charge in [-0.25, -0.2) is 9.78 Å². The minimum Gasteiger partial charge on any atom is -0.465 e. The molecule has 0 aliphatic rings. The standard InChI is InChI=1S/C13H15N3O2S/c1-8-12(19-7-16-8)6-15-9-3-4-11(14)10(5-9)13(17)18-2/h3-5,7,15H,6,14H2,1-2H3. The van der Waals surface area contributed by atoms with Crippen LogP contribution < -0.4 is 11.1 Å². The van der Waals surface area contributed by atoms with Crippen molar-refractivity contribution in [2.45, 2.75) is 13.5 Å². The number of aromatic nitrogens is 1. The van der Waals surface area contributed by atoms with Crippen LogP contribution in [-0.2, 0) is 11.3 Å². The van der Waals surface area contributed by atoms with Crippen LogP contribution >= 0.6 is 11.3 Å². The molecular formula is C13H15N3O2S. The lowest BCUT2D eigenvalue weighted by Gasteiger charge is -2.09. The van der Waals surface area contributed by atoms with Gasteiger partial charge in [0.15, 0.2) is 0 Å². The van der Waals surface area contributed by atoms with Crippen molar-refractivity contribution in [2.24, 2.45) is 0 Å². The average Bonchev–Trinajstić information content (AvgIpc) is 2.82. The Morgan fingerprint density at radius 1 is 1.53 bits per heavy atom. The van der Waals surface area contributed by atoms with Crippen LogP contribution in [0.3, 0.4) is 0 Å². The number of nitrogen functional groups attached to an aromatic ring is 1. The monoisotopic (exact) mass is 277 g/mol. The van der Waals surface area contributed by atoms with Crippen molar-refractivity contribution >= 4 is 28.7 Å². The highest BCUT2D eigenvalue weighted by Gasteiger charge is 2.10. The molecular weight excluding hydrogens is 262 g/mol. The SMILES string of the molecule is COC(=O)c1cc(NCc2scnc2C)ccc1N. The van der Waals surface area contributed by atoms with Crippen molar-refractivity contribution in [2.75, 3.05) is 18.2 Å². The maximum atomic E-state index is 11.5. The molecule has 3 N–H and O–H groups in total. The van der Waals surface area contributed by atoms with Gasteiger partial charge in [0.1, 0.15) is 0 Å². The molecule has 2 aromatic rings. The van der Waals surface area contributed by atoms with Crippen molar-refractivity contribution in [3.05, 3.63) is 39.8 Å². The number of ether oxygens (including phenoxy) is 1. The Kier molecular flexibility index (Phi) is 4.01. The Labute approximate surface area is 115 Å². The Morgan fingerprint density at radius 3 is 2.95 bits per heavy atom. The smallest absolute Gasteiger partial charge is 0.340 e. The number of anilines is 2. The van der Waals surface area contributed by atoms with E-state index in [1.807, 2.05) is 18.5 Å². The third kappa shape index (κ3) is 3.03. The van der Waals surface area contributed by atoms with E-state index in [9.17, 15) is 4.79 Å². The van der Waals surface area contributed by atoms with Crippen molar-refractivity contribution in [3.8, 4) is 0 Å². The predicted molar refractivity (Wildman–Crippen MR) is 76.4 cm³/mol. The minimum absolute atomic E-state index is 0.369. The number of thiazole rings is 1. The topological polar surface area (TPSA) is 77.2 Å². The number of carbonyl (C=O) groups is 1. The second kappa shape index (κ2) is 5.71. The van der Waals surface area contributed by atoms with E-state index in [0.717, 1.165) is 16.3 Å². The van der Waals surface area contributed by atoms with Crippen LogP contribution in [0, 0.1) is 6.92 Å². The number of nitrogens with one attached hydrogen (secondary N) is 1. The van der Waals surface area contributed by atoms with Gasteiger partial charge in [0, 0.05) is 16.3 Å². The number of nitrogens with two attached hydrogens (primary N) is 1. The van der Waals surface area contributed by atoms with Gasteiger partial charge in [-0.05, 0) is 25.1 Å². The molecule has 0 fully saturated rings. The summed E-state index contributed by atoms with van der Waals surface area (Å²) in [6.45, 7) is 2.64. The number of aryl methyl sites for hydroxylation is 1. The largest absolute Gasteiger partial charge is 0.465 e. The lowest BCUT2D eigenvalue weighted by molar-refractivity contribution is 0.0602. The van der Waals surface area contributed by atoms with E-state index in [-0.39, 0.29) is 0 Å². The summed E-state index contributed by atoms with van der Waals surface area (Å²) in [5.41, 5.74) is 10.2. The number of methoxy groups -OCH3 is 1. The van der Waals surface area contributed by atoms with Gasteiger partial charge in [-0.1, -0.05) is 0 Å². The molecule has 0 unspecified atom stereocenters. The molecule has 0 aliphatic heterocycles. The Balaban J connectivity index is 2.13. The van der Waals surface area contributed by atoms with Gasteiger partial charge in [-0.3, -0.25) is 0 Å². The van der Waals surface area contributed by atoms with Crippen molar-refractivity contribution in [3.63, 3.8) is 0 Å². The molecule has 5 nitrogen and oxygen atoms in total. The first-order valence-electron chi connectivity index (χ1n) is 5.72. The second-order valence-electron chi connectivity index (χ2n) is 4.01. The highest BCUT2D eigenvalue weighted by atomic mass is 32.1. The van der Waals surface area contributed by atoms with E-state index < -0.39 is 5.97 Å². The third-order valence-corrected chi connectivity index (χ3v) is 3.69. The fourth-order valence-corrected chi connectivity index (χ4v) is 2.35. The van der Waals surface area contributed by atoms with E-state index >= 15 is 0 Å². The molecule has 1 aromatic heterocycles. The van der Waals surface area contributed by atoms with E-state index in [1.165, 1.54) is 7.11 Å². The lowest BCUT2D eigenvalue weighted by atomic mass is 10.1. The summed E-state index contributed by atoms with van der Waals surface area (Å²) in [6, 6.07) is 5.21. The van der Waals surface area contributed by atoms with Gasteiger partial charge in [0.2, 0.25) is 0 Å². The van der Waals surface area contributed by atoms with Gasteiger partial charge in [-0.15, -0.1) is 11.3 Å². The fourth-order valence-electron chi connectivity index (χ4n) is 1.63. The summed E-state index contributed by atoms with van der Waals surface area (Å²) in [7, 11) is 1.34. The van der Waals surface area contributed by atoms with Gasteiger partial charge in [0.25, 0.3) is 0 Å². The molecule has 0 radical (unpaired) electrons. The first kappa shape index (κ1) is 13.4. The van der Waals surface area contributed by atoms with E-state index in [0.29, 0.717) is 17.8 Å². The van der Waals surface area contributed by atoms with Crippen LogP contribution in [0.25, 0.3) is 0 Å². The maximum absolute atomic E-state index is 11.5. The molecule has 1 heterocycles. The zero-order valence-electron chi connectivity index (χ0n) is 10.8. The van der Waals surface area contributed by atoms with Crippen LogP contribution in [0.1, 0.15) is 20.9 Å². The van der Waals surface area contributed by atoms with Crippen LogP contribution in [-0.4, -0.2) is 18.1 Å². The van der Waals surface area contributed by atoms with Crippen molar-refractivity contribution in [1.29, 1.82) is 0 Å². The molecule has 100 valence electrons. The Bertz CT molecular complexity index is 595. The maximum Gasteiger partial charge on any atom is 0.340 e. The molecule has 0 saturated heterocycles. The number of rotatable bonds is 4. The quantitative estimate of drug-likeness (QED) is 0.663. The summed E-state index contributed by atoms with van der Waals surface area (Å²) in [4.78, 5) is 16.9. The van der Waals surface area contributed by atoms with Crippen LogP contribution in [0.4, 0.5) is 11.4 Å². The normalized spacial score (nSPS) is 10.2. The summed E-state index contributed by atoms with van der Waals surface area (Å²) in [6.07, 6.45) is 0. The number of benzene rings is 1. The van der Waals surface area contributed by atoms with E-state index in [4.69, 9.17) is 5.73 Å². The Morgan fingerprint density at radius 2 is 2.32 bits per heavy atom. The number of carbonyl (C=O) groups excluding carboxylic acids is 1. The second-order valence-corrected chi connectivity index (χ2v) is 4.95. The lowest BCUT2D eigenvalue weighted by Crippen LogP contribution is -2.07. The van der Waals surface area contributed by atoms with Crippen LogP contribution in [0.15, 0.2) is 23.7 Å². The molecule has 1 aromatic carbocycles. The molecule has 0 atom stereocenters. The van der Waals surface area contributed by atoms with Gasteiger partial charge in [0.05, 0.1) is 30.4 Å². The minimum atomic E-state index is -0.435. The summed E-state index contributed by atoms with van der Waals surface area (Å²) in [5, 5.41) is 3.24. The molecule has 0 saturated carbocycles. The van der Waals surface area contributed by atoms with E-state index in [1.54, 1.807) is 23.5 Å². The number of esters is 1. The highest BCUT2D eigenvalue weighted by Crippen LogP contribution is 2.20. The summed E-state index contributed by atoms with van der Waals surface area (Å²) in [5.74, 6) is -0.435. The van der Waals surface area contributed by atoms with Gasteiger partial charge >= 0.3 is 5.97 Å². The van der Waals surface area contributed by atoms with Crippen molar-refractivity contribution in [1.82, 2.24) is 4.98 Å². The average molecular weight is 277 g/mol. The van der Waals surface area contributed by atoms with Crippen LogP contribution in [0.2, 0.25) is 0 Å². The molecule has 0 aliphatic carbocycles. The van der Waals surface area contributed by atoms with Gasteiger partial charge in [-0.2, -0.15) is 0 Å². The number of nitrogens with zero attached hydrogens (tertiary/aromatic N) is 1. The first-order chi connectivity index (χ1) is 9.11. The summed E-state index contributed by atoms with van der Waals surface area (Å²) >= 11 is 1.60. The van der Waals surface area contributed by atoms with Crippen molar-refractivity contribution < 1.29 is 9.53 Å². The molecule has 19 heavy (non-hydrogen) atoms. The number of hydrogen-bond donors (Lipinski definition) is 2. The highest BCUT2D eigenvalue weighted by molar-refractivity contribution is 7.09. The third-order valence-electron chi connectivity index (χ3n) is 2.76. The zero-order valence-corrected chi connectivity index (χ0v) is 11.6. The zero-order chi connectivity index (χ0) is 13.8. The number of hydrogen-bond acceptors (Lipinski definition) is 6. The molecule has 0 amide bonds. The van der Waals surface area contributed by atoms with E-state index in [2.05, 4.69) is 15.0 Å². The predicted octanol–water partition coefficient (Wildman–Crippen LogP) is 2.43. The fraction of sp³-hybridized carbons (Fsp3) is 0.231. The molecule has 0 spiro atoms. The van der Waals surface area contributed by atoms with Crippen LogP contribution in [0.5, 0.6) is 0 Å². The van der Waals surface area contributed by atoms with Gasteiger partial charge < -0.3 is 15.8 Å². The molecule has 0 bridgehead atoms. The Hall–Kier alpha value is -2.08. The first-order valence-corrected chi connectivity index (χ1v) is 6.60. The summed E-state index contributed by atoms with van der Waals surface area (Å²) < 4.78 is 4.69. The molecule has 6 heteroatoms.